The van der Waals surface area contributed by atoms with Crippen molar-refractivity contribution in [3.05, 3.63) is 52.0 Å². The number of benzene rings is 2. The topological polar surface area (TPSA) is 75.7 Å². The molecule has 0 fully saturated rings. The van der Waals surface area contributed by atoms with Crippen LogP contribution in [0.25, 0.3) is 0 Å². The zero-order valence-electron chi connectivity index (χ0n) is 15.3. The highest BCUT2D eigenvalue weighted by Gasteiger charge is 2.22. The Bertz CT molecular complexity index is 956. The molecular formula is C18H21ClN2O4S. The van der Waals surface area contributed by atoms with Crippen LogP contribution in [0.4, 0.5) is 5.69 Å². The fraction of sp³-hybridized carbons (Fsp3) is 0.278. The minimum absolute atomic E-state index is 0.0349. The van der Waals surface area contributed by atoms with Crippen molar-refractivity contribution in [2.45, 2.75) is 18.7 Å². The van der Waals surface area contributed by atoms with Crippen molar-refractivity contribution in [3.63, 3.8) is 0 Å². The Morgan fingerprint density at radius 2 is 1.73 bits per heavy atom. The summed E-state index contributed by atoms with van der Waals surface area (Å²) in [7, 11) is 0.753. The molecule has 1 amide bonds. The molecule has 0 aromatic heterocycles. The SMILES string of the molecule is COc1cc(C)c(C)cc1S(=O)(=O)Nc1ccc(C(=O)N(C)C)c(Cl)c1. The highest BCUT2D eigenvalue weighted by atomic mass is 35.5. The van der Waals surface area contributed by atoms with Gasteiger partial charge in [-0.1, -0.05) is 11.6 Å². The van der Waals surface area contributed by atoms with Crippen molar-refractivity contribution < 1.29 is 17.9 Å². The smallest absolute Gasteiger partial charge is 0.265 e. The fourth-order valence-electron chi connectivity index (χ4n) is 2.34. The molecule has 0 bridgehead atoms. The molecule has 0 saturated carbocycles. The number of anilines is 1. The van der Waals surface area contributed by atoms with Crippen molar-refractivity contribution in [1.82, 2.24) is 4.90 Å². The number of carbonyl (C=O) groups excluding carboxylic acids is 1. The molecule has 0 radical (unpaired) electrons. The Hall–Kier alpha value is -2.25. The molecule has 0 heterocycles. The van der Waals surface area contributed by atoms with E-state index in [4.69, 9.17) is 16.3 Å². The van der Waals surface area contributed by atoms with Gasteiger partial charge in [0.1, 0.15) is 10.6 Å². The quantitative estimate of drug-likeness (QED) is 0.839. The van der Waals surface area contributed by atoms with Gasteiger partial charge in [0, 0.05) is 14.1 Å². The number of rotatable bonds is 5. The van der Waals surface area contributed by atoms with E-state index in [0.717, 1.165) is 11.1 Å². The summed E-state index contributed by atoms with van der Waals surface area (Å²) in [6.07, 6.45) is 0. The van der Waals surface area contributed by atoms with Crippen LogP contribution in [0.5, 0.6) is 5.75 Å². The number of halogens is 1. The van der Waals surface area contributed by atoms with Gasteiger partial charge < -0.3 is 9.64 Å². The molecule has 140 valence electrons. The Labute approximate surface area is 158 Å². The second-order valence-corrected chi connectivity index (χ2v) is 8.15. The summed E-state index contributed by atoms with van der Waals surface area (Å²) >= 11 is 6.14. The first-order valence-electron chi connectivity index (χ1n) is 7.76. The number of hydrogen-bond acceptors (Lipinski definition) is 4. The van der Waals surface area contributed by atoms with Crippen LogP contribution >= 0.6 is 11.6 Å². The summed E-state index contributed by atoms with van der Waals surface area (Å²) in [5, 5.41) is 0.163. The number of amides is 1. The third-order valence-corrected chi connectivity index (χ3v) is 5.64. The van der Waals surface area contributed by atoms with Crippen LogP contribution in [0, 0.1) is 13.8 Å². The standard InChI is InChI=1S/C18H21ClN2O4S/c1-11-8-16(25-5)17(9-12(11)2)26(23,24)20-13-6-7-14(15(19)10-13)18(22)21(3)4/h6-10,20H,1-5H3. The summed E-state index contributed by atoms with van der Waals surface area (Å²) in [6.45, 7) is 3.70. The van der Waals surface area contributed by atoms with Gasteiger partial charge in [0.05, 0.1) is 23.4 Å². The first-order valence-corrected chi connectivity index (χ1v) is 9.62. The first kappa shape index (κ1) is 20.1. The van der Waals surface area contributed by atoms with Gasteiger partial charge in [-0.15, -0.1) is 0 Å². The third kappa shape index (κ3) is 4.11. The van der Waals surface area contributed by atoms with E-state index in [0.29, 0.717) is 5.56 Å². The largest absolute Gasteiger partial charge is 0.495 e. The zero-order chi connectivity index (χ0) is 19.6. The lowest BCUT2D eigenvalue weighted by Crippen LogP contribution is -2.22. The van der Waals surface area contributed by atoms with Crippen molar-refractivity contribution in [3.8, 4) is 5.75 Å². The van der Waals surface area contributed by atoms with Gasteiger partial charge in [-0.05, 0) is 55.3 Å². The normalized spacial score (nSPS) is 11.2. The molecule has 8 heteroatoms. The number of ether oxygens (including phenoxy) is 1. The molecular weight excluding hydrogens is 376 g/mol. The number of sulfonamides is 1. The zero-order valence-corrected chi connectivity index (χ0v) is 16.8. The van der Waals surface area contributed by atoms with E-state index >= 15 is 0 Å². The molecule has 0 unspecified atom stereocenters. The third-order valence-electron chi connectivity index (χ3n) is 3.93. The number of hydrogen-bond donors (Lipinski definition) is 1. The number of nitrogens with one attached hydrogen (secondary N) is 1. The first-order chi connectivity index (χ1) is 12.1. The predicted octanol–water partition coefficient (Wildman–Crippen LogP) is 3.47. The summed E-state index contributed by atoms with van der Waals surface area (Å²) in [6, 6.07) is 7.62. The predicted molar refractivity (Wildman–Crippen MR) is 103 cm³/mol. The number of methoxy groups -OCH3 is 1. The lowest BCUT2D eigenvalue weighted by Gasteiger charge is -2.15. The number of nitrogens with zero attached hydrogens (tertiary/aromatic N) is 1. The van der Waals surface area contributed by atoms with Gasteiger partial charge >= 0.3 is 0 Å². The maximum Gasteiger partial charge on any atom is 0.265 e. The minimum atomic E-state index is -3.89. The molecule has 0 spiro atoms. The van der Waals surface area contributed by atoms with E-state index in [1.165, 1.54) is 30.2 Å². The lowest BCUT2D eigenvalue weighted by molar-refractivity contribution is 0.0828. The molecule has 0 aliphatic heterocycles. The average Bonchev–Trinajstić information content (AvgIpc) is 2.55. The van der Waals surface area contributed by atoms with Crippen LogP contribution in [-0.2, 0) is 10.0 Å². The maximum absolute atomic E-state index is 12.8. The second-order valence-electron chi connectivity index (χ2n) is 6.09. The van der Waals surface area contributed by atoms with Crippen molar-refractivity contribution in [2.75, 3.05) is 25.9 Å². The van der Waals surface area contributed by atoms with Gasteiger partial charge in [0.25, 0.3) is 15.9 Å². The summed E-state index contributed by atoms with van der Waals surface area (Å²) in [4.78, 5) is 13.5. The molecule has 1 N–H and O–H groups in total. The van der Waals surface area contributed by atoms with Crippen molar-refractivity contribution in [1.29, 1.82) is 0 Å². The van der Waals surface area contributed by atoms with E-state index < -0.39 is 10.0 Å². The molecule has 0 aliphatic carbocycles. The van der Waals surface area contributed by atoms with Gasteiger partial charge in [-0.25, -0.2) is 8.42 Å². The number of carbonyl (C=O) groups is 1. The Kier molecular flexibility index (Phi) is 5.83. The number of aryl methyl sites for hydroxylation is 2. The average molecular weight is 397 g/mol. The monoisotopic (exact) mass is 396 g/mol. The fourth-order valence-corrected chi connectivity index (χ4v) is 3.88. The van der Waals surface area contributed by atoms with Crippen LogP contribution in [-0.4, -0.2) is 40.4 Å². The Morgan fingerprint density at radius 1 is 1.12 bits per heavy atom. The molecule has 0 saturated heterocycles. The summed E-state index contributed by atoms with van der Waals surface area (Å²) < 4.78 is 33.2. The molecule has 2 aromatic carbocycles. The van der Waals surface area contributed by atoms with Gasteiger partial charge in [0.2, 0.25) is 0 Å². The molecule has 6 nitrogen and oxygen atoms in total. The van der Waals surface area contributed by atoms with E-state index in [1.54, 1.807) is 26.2 Å². The highest BCUT2D eigenvalue weighted by molar-refractivity contribution is 7.92. The van der Waals surface area contributed by atoms with Gasteiger partial charge in [-0.3, -0.25) is 9.52 Å². The summed E-state index contributed by atoms with van der Waals surface area (Å²) in [5.41, 5.74) is 2.31. The highest BCUT2D eigenvalue weighted by Crippen LogP contribution is 2.30. The summed E-state index contributed by atoms with van der Waals surface area (Å²) in [5.74, 6) is -0.00802. The van der Waals surface area contributed by atoms with E-state index in [-0.39, 0.29) is 27.3 Å². The minimum Gasteiger partial charge on any atom is -0.495 e. The Morgan fingerprint density at radius 3 is 2.27 bits per heavy atom. The van der Waals surface area contributed by atoms with E-state index in [1.807, 2.05) is 13.8 Å². The van der Waals surface area contributed by atoms with Crippen molar-refractivity contribution in [2.24, 2.45) is 0 Å². The molecule has 0 atom stereocenters. The molecule has 2 aromatic rings. The van der Waals surface area contributed by atoms with Crippen LogP contribution < -0.4 is 9.46 Å². The van der Waals surface area contributed by atoms with E-state index in [9.17, 15) is 13.2 Å². The Balaban J connectivity index is 2.41. The van der Waals surface area contributed by atoms with Crippen LogP contribution in [0.3, 0.4) is 0 Å². The van der Waals surface area contributed by atoms with E-state index in [2.05, 4.69) is 4.72 Å². The van der Waals surface area contributed by atoms with Crippen molar-refractivity contribution >= 4 is 33.2 Å². The van der Waals surface area contributed by atoms with Gasteiger partial charge in [0.15, 0.2) is 0 Å². The second kappa shape index (κ2) is 7.55. The molecule has 26 heavy (non-hydrogen) atoms. The van der Waals surface area contributed by atoms with Crippen LogP contribution in [0.1, 0.15) is 21.5 Å². The molecule has 0 aliphatic rings. The van der Waals surface area contributed by atoms with Crippen LogP contribution in [0.2, 0.25) is 5.02 Å². The van der Waals surface area contributed by atoms with Crippen LogP contribution in [0.15, 0.2) is 35.2 Å². The maximum atomic E-state index is 12.8. The van der Waals surface area contributed by atoms with Gasteiger partial charge in [-0.2, -0.15) is 0 Å². The lowest BCUT2D eigenvalue weighted by atomic mass is 10.1. The molecule has 2 rings (SSSR count).